The van der Waals surface area contributed by atoms with Gasteiger partial charge in [-0.15, -0.1) is 0 Å². The van der Waals surface area contributed by atoms with Crippen LogP contribution in [0.25, 0.3) is 0 Å². The molecule has 2 N–H and O–H groups in total. The van der Waals surface area contributed by atoms with Crippen molar-refractivity contribution in [2.75, 3.05) is 5.33 Å². The average Bonchev–Trinajstić information content (AvgIpc) is 2.42. The maximum absolute atomic E-state index is 11.5. The molecule has 1 amide bonds. The number of alkyl carbamates (subject to hydrolysis) is 1. The molecule has 19 heavy (non-hydrogen) atoms. The van der Waals surface area contributed by atoms with E-state index < -0.39 is 18.2 Å². The van der Waals surface area contributed by atoms with E-state index in [1.165, 1.54) is 6.92 Å². The summed E-state index contributed by atoms with van der Waals surface area (Å²) >= 11 is 3.00. The van der Waals surface area contributed by atoms with Crippen LogP contribution in [0.1, 0.15) is 12.5 Å². The summed E-state index contributed by atoms with van der Waals surface area (Å²) in [7, 11) is 0. The molecule has 0 aromatic heterocycles. The first-order valence-corrected chi connectivity index (χ1v) is 6.90. The maximum Gasteiger partial charge on any atom is 0.408 e. The third kappa shape index (κ3) is 5.40. The molecule has 1 rings (SSSR count). The SMILES string of the molecule is C[C@@H](O)[C@H](NC(=O)OCc1ccccc1)C(=O)CBr. The standard InChI is InChI=1S/C13H16BrNO4/c1-9(16)12(11(17)7-14)15-13(18)19-8-10-5-3-2-4-6-10/h2-6,9,12,16H,7-8H2,1H3,(H,15,18)/t9-,12+/m1/s1. The summed E-state index contributed by atoms with van der Waals surface area (Å²) in [6, 6.07) is 8.21. The van der Waals surface area contributed by atoms with Gasteiger partial charge in [0, 0.05) is 0 Å². The molecule has 0 aliphatic carbocycles. The van der Waals surface area contributed by atoms with Crippen molar-refractivity contribution in [2.24, 2.45) is 0 Å². The summed E-state index contributed by atoms with van der Waals surface area (Å²) < 4.78 is 4.97. The second-order valence-corrected chi connectivity index (χ2v) is 4.59. The highest BCUT2D eigenvalue weighted by atomic mass is 79.9. The van der Waals surface area contributed by atoms with Crippen molar-refractivity contribution >= 4 is 27.8 Å². The lowest BCUT2D eigenvalue weighted by Crippen LogP contribution is -2.48. The van der Waals surface area contributed by atoms with Gasteiger partial charge in [-0.2, -0.15) is 0 Å². The molecule has 0 saturated heterocycles. The van der Waals surface area contributed by atoms with Gasteiger partial charge in [0.25, 0.3) is 0 Å². The Morgan fingerprint density at radius 3 is 2.53 bits per heavy atom. The highest BCUT2D eigenvalue weighted by molar-refractivity contribution is 9.09. The number of halogens is 1. The number of alkyl halides is 1. The average molecular weight is 330 g/mol. The van der Waals surface area contributed by atoms with Gasteiger partial charge < -0.3 is 15.2 Å². The maximum atomic E-state index is 11.5. The lowest BCUT2D eigenvalue weighted by atomic mass is 10.1. The van der Waals surface area contributed by atoms with Gasteiger partial charge in [0.05, 0.1) is 11.4 Å². The Balaban J connectivity index is 2.47. The Kier molecular flexibility index (Phi) is 6.52. The molecule has 5 nitrogen and oxygen atoms in total. The quantitative estimate of drug-likeness (QED) is 0.778. The molecule has 0 bridgehead atoms. The largest absolute Gasteiger partial charge is 0.445 e. The summed E-state index contributed by atoms with van der Waals surface area (Å²) in [5, 5.41) is 11.8. The Bertz CT molecular complexity index is 422. The van der Waals surface area contributed by atoms with Crippen molar-refractivity contribution in [2.45, 2.75) is 25.7 Å². The van der Waals surface area contributed by atoms with Crippen molar-refractivity contribution in [3.8, 4) is 0 Å². The summed E-state index contributed by atoms with van der Waals surface area (Å²) in [5.41, 5.74) is 0.845. The van der Waals surface area contributed by atoms with Gasteiger partial charge in [0.15, 0.2) is 5.78 Å². The predicted molar refractivity (Wildman–Crippen MR) is 74.0 cm³/mol. The monoisotopic (exact) mass is 329 g/mol. The van der Waals surface area contributed by atoms with Crippen LogP contribution < -0.4 is 5.32 Å². The summed E-state index contributed by atoms with van der Waals surface area (Å²) in [6.07, 6.45) is -1.71. The molecular weight excluding hydrogens is 314 g/mol. The highest BCUT2D eigenvalue weighted by Gasteiger charge is 2.24. The van der Waals surface area contributed by atoms with Gasteiger partial charge >= 0.3 is 6.09 Å². The number of amides is 1. The second kappa shape index (κ2) is 7.91. The lowest BCUT2D eigenvalue weighted by Gasteiger charge is -2.19. The Morgan fingerprint density at radius 2 is 2.00 bits per heavy atom. The number of hydrogen-bond donors (Lipinski definition) is 2. The first kappa shape index (κ1) is 15.7. The van der Waals surface area contributed by atoms with Crippen LogP contribution in [0.15, 0.2) is 30.3 Å². The van der Waals surface area contributed by atoms with Gasteiger partial charge in [-0.05, 0) is 12.5 Å². The van der Waals surface area contributed by atoms with Crippen LogP contribution in [0.2, 0.25) is 0 Å². The van der Waals surface area contributed by atoms with Gasteiger partial charge in [-0.3, -0.25) is 4.79 Å². The van der Waals surface area contributed by atoms with Crippen LogP contribution in [-0.2, 0) is 16.1 Å². The summed E-state index contributed by atoms with van der Waals surface area (Å²) in [4.78, 5) is 23.0. The molecule has 0 radical (unpaired) electrons. The van der Waals surface area contributed by atoms with E-state index in [4.69, 9.17) is 4.74 Å². The first-order chi connectivity index (χ1) is 9.04. The minimum atomic E-state index is -0.977. The van der Waals surface area contributed by atoms with Crippen LogP contribution >= 0.6 is 15.9 Å². The van der Waals surface area contributed by atoms with Gasteiger partial charge in [0.1, 0.15) is 12.6 Å². The highest BCUT2D eigenvalue weighted by Crippen LogP contribution is 2.02. The Labute approximate surface area is 120 Å². The van der Waals surface area contributed by atoms with E-state index in [0.717, 1.165) is 5.56 Å². The molecule has 1 aromatic rings. The number of ketones is 1. The molecule has 0 fully saturated rings. The third-order valence-electron chi connectivity index (χ3n) is 2.45. The number of ether oxygens (including phenoxy) is 1. The van der Waals surface area contributed by atoms with Gasteiger partial charge in [-0.1, -0.05) is 46.3 Å². The van der Waals surface area contributed by atoms with E-state index >= 15 is 0 Å². The number of benzene rings is 1. The zero-order chi connectivity index (χ0) is 14.3. The molecule has 2 atom stereocenters. The molecular formula is C13H16BrNO4. The van der Waals surface area contributed by atoms with Gasteiger partial charge in [-0.25, -0.2) is 4.79 Å². The van der Waals surface area contributed by atoms with Crippen LogP contribution in [0.4, 0.5) is 4.79 Å². The molecule has 0 unspecified atom stereocenters. The number of rotatable bonds is 6. The number of Topliss-reactive ketones (excluding diaryl/α,β-unsaturated/α-hetero) is 1. The zero-order valence-electron chi connectivity index (χ0n) is 10.5. The smallest absolute Gasteiger partial charge is 0.408 e. The number of nitrogens with one attached hydrogen (secondary N) is 1. The van der Waals surface area contributed by atoms with Crippen molar-refractivity contribution in [1.82, 2.24) is 5.32 Å². The number of carbonyl (C=O) groups is 2. The fraction of sp³-hybridized carbons (Fsp3) is 0.385. The van der Waals surface area contributed by atoms with Crippen LogP contribution in [0.5, 0.6) is 0 Å². The fourth-order valence-corrected chi connectivity index (χ4v) is 1.79. The molecule has 0 aliphatic heterocycles. The third-order valence-corrected chi connectivity index (χ3v) is 3.00. The molecule has 6 heteroatoms. The van der Waals surface area contributed by atoms with E-state index in [9.17, 15) is 14.7 Å². The normalized spacial score (nSPS) is 13.4. The molecule has 1 aromatic carbocycles. The molecule has 0 saturated carbocycles. The molecule has 0 spiro atoms. The zero-order valence-corrected chi connectivity index (χ0v) is 12.1. The minimum Gasteiger partial charge on any atom is -0.445 e. The van der Waals surface area contributed by atoms with Crippen LogP contribution in [0.3, 0.4) is 0 Å². The second-order valence-electron chi connectivity index (χ2n) is 4.02. The summed E-state index contributed by atoms with van der Waals surface area (Å²) in [5.74, 6) is -0.313. The van der Waals surface area contributed by atoms with E-state index in [0.29, 0.717) is 0 Å². The Hall–Kier alpha value is -1.40. The van der Waals surface area contributed by atoms with Crippen LogP contribution in [0, 0.1) is 0 Å². The number of carbonyl (C=O) groups excluding carboxylic acids is 2. The van der Waals surface area contributed by atoms with Gasteiger partial charge in [0.2, 0.25) is 0 Å². The Morgan fingerprint density at radius 1 is 1.37 bits per heavy atom. The molecule has 104 valence electrons. The topological polar surface area (TPSA) is 75.6 Å². The van der Waals surface area contributed by atoms with E-state index in [2.05, 4.69) is 21.2 Å². The minimum absolute atomic E-state index is 0.0571. The number of aliphatic hydroxyl groups is 1. The van der Waals surface area contributed by atoms with Crippen LogP contribution in [-0.4, -0.2) is 34.5 Å². The van der Waals surface area contributed by atoms with Crippen molar-refractivity contribution in [1.29, 1.82) is 0 Å². The van der Waals surface area contributed by atoms with E-state index in [1.54, 1.807) is 0 Å². The predicted octanol–water partition coefficient (Wildman–Crippen LogP) is 1.63. The van der Waals surface area contributed by atoms with E-state index in [1.807, 2.05) is 30.3 Å². The van der Waals surface area contributed by atoms with E-state index in [-0.39, 0.29) is 17.7 Å². The van der Waals surface area contributed by atoms with Crippen molar-refractivity contribution in [3.63, 3.8) is 0 Å². The summed E-state index contributed by atoms with van der Waals surface area (Å²) in [6.45, 7) is 1.55. The number of aliphatic hydroxyl groups excluding tert-OH is 1. The fourth-order valence-electron chi connectivity index (χ4n) is 1.44. The molecule has 0 aliphatic rings. The molecule has 0 heterocycles. The van der Waals surface area contributed by atoms with Crippen molar-refractivity contribution in [3.05, 3.63) is 35.9 Å². The number of hydrogen-bond acceptors (Lipinski definition) is 4. The van der Waals surface area contributed by atoms with Crippen molar-refractivity contribution < 1.29 is 19.4 Å². The lowest BCUT2D eigenvalue weighted by molar-refractivity contribution is -0.120. The first-order valence-electron chi connectivity index (χ1n) is 5.78.